The van der Waals surface area contributed by atoms with Crippen molar-refractivity contribution in [1.29, 1.82) is 0 Å². The van der Waals surface area contributed by atoms with Crippen LogP contribution in [0.1, 0.15) is 16.7 Å². The molecule has 0 fully saturated rings. The van der Waals surface area contributed by atoms with E-state index < -0.39 is 0 Å². The quantitative estimate of drug-likeness (QED) is 0.736. The first-order chi connectivity index (χ1) is 13.8. The Balaban J connectivity index is 1.46. The van der Waals surface area contributed by atoms with E-state index in [-0.39, 0.29) is 5.82 Å². The second-order valence-corrected chi connectivity index (χ2v) is 6.61. The molecule has 0 amide bonds. The minimum absolute atomic E-state index is 0.235. The molecule has 28 heavy (non-hydrogen) atoms. The second kappa shape index (κ2) is 6.86. The number of aromatic nitrogens is 2. The number of anilines is 2. The average Bonchev–Trinajstić information content (AvgIpc) is 2.88. The van der Waals surface area contributed by atoms with Crippen molar-refractivity contribution in [3.8, 4) is 0 Å². The van der Waals surface area contributed by atoms with Crippen molar-refractivity contribution >= 4 is 29.1 Å². The van der Waals surface area contributed by atoms with E-state index >= 15 is 0 Å². The van der Waals surface area contributed by atoms with Crippen molar-refractivity contribution in [1.82, 2.24) is 20.4 Å². The number of nitrogens with one attached hydrogen (secondary N) is 2. The van der Waals surface area contributed by atoms with Gasteiger partial charge in [-0.2, -0.15) is 0 Å². The van der Waals surface area contributed by atoms with Gasteiger partial charge in [-0.15, -0.1) is 0 Å². The van der Waals surface area contributed by atoms with Gasteiger partial charge in [-0.25, -0.2) is 19.8 Å². The zero-order valence-electron chi connectivity index (χ0n) is 14.9. The maximum absolute atomic E-state index is 13.1. The molecule has 4 heterocycles. The minimum atomic E-state index is -0.235. The van der Waals surface area contributed by atoms with E-state index in [9.17, 15) is 4.39 Å². The minimum Gasteiger partial charge on any atom is -0.338 e. The lowest BCUT2D eigenvalue weighted by atomic mass is 10.0. The van der Waals surface area contributed by atoms with Gasteiger partial charge in [0.05, 0.1) is 24.1 Å². The van der Waals surface area contributed by atoms with Crippen molar-refractivity contribution in [3.05, 3.63) is 83.6 Å². The molecular formula is C21H17FN6. The maximum atomic E-state index is 13.1. The van der Waals surface area contributed by atoms with Gasteiger partial charge in [-0.1, -0.05) is 12.1 Å². The van der Waals surface area contributed by atoms with E-state index in [1.54, 1.807) is 37.1 Å². The van der Waals surface area contributed by atoms with E-state index in [1.807, 2.05) is 23.2 Å². The molecule has 6 nitrogen and oxygen atoms in total. The second-order valence-electron chi connectivity index (χ2n) is 6.61. The van der Waals surface area contributed by atoms with E-state index in [4.69, 9.17) is 4.99 Å². The molecule has 0 bridgehead atoms. The number of aliphatic imine (C=N–C) groups is 1. The normalized spacial score (nSPS) is 14.7. The van der Waals surface area contributed by atoms with Gasteiger partial charge in [-0.3, -0.25) is 9.99 Å². The van der Waals surface area contributed by atoms with Crippen LogP contribution in [0.25, 0.3) is 11.3 Å². The Hall–Kier alpha value is -3.58. The molecule has 138 valence electrons. The van der Waals surface area contributed by atoms with Crippen molar-refractivity contribution < 1.29 is 4.39 Å². The van der Waals surface area contributed by atoms with Gasteiger partial charge >= 0.3 is 0 Å². The Morgan fingerprint density at radius 2 is 1.96 bits per heavy atom. The van der Waals surface area contributed by atoms with Gasteiger partial charge in [0.15, 0.2) is 0 Å². The molecule has 0 aliphatic carbocycles. The number of hydrogen-bond acceptors (Lipinski definition) is 6. The highest BCUT2D eigenvalue weighted by Crippen LogP contribution is 2.40. The number of nitrogens with zero attached hydrogens (tertiary/aromatic N) is 4. The van der Waals surface area contributed by atoms with Gasteiger partial charge in [0.1, 0.15) is 18.0 Å². The van der Waals surface area contributed by atoms with Crippen LogP contribution in [-0.2, 0) is 6.54 Å². The van der Waals surface area contributed by atoms with Crippen LogP contribution in [0.2, 0.25) is 0 Å². The Morgan fingerprint density at radius 1 is 1.07 bits per heavy atom. The SMILES string of the molecule is Fc1ccc(CNN2C=NC3=C(C2)c2ccncc2Nc2ncccc23)cc1. The van der Waals surface area contributed by atoms with Gasteiger partial charge in [0, 0.05) is 35.6 Å². The zero-order valence-corrected chi connectivity index (χ0v) is 14.9. The van der Waals surface area contributed by atoms with Crippen molar-refractivity contribution in [2.45, 2.75) is 6.54 Å². The van der Waals surface area contributed by atoms with Gasteiger partial charge in [0.25, 0.3) is 0 Å². The van der Waals surface area contributed by atoms with Crippen LogP contribution < -0.4 is 10.7 Å². The Morgan fingerprint density at radius 3 is 2.86 bits per heavy atom. The summed E-state index contributed by atoms with van der Waals surface area (Å²) < 4.78 is 13.1. The number of halogens is 1. The van der Waals surface area contributed by atoms with Crippen LogP contribution in [0.3, 0.4) is 0 Å². The molecular weight excluding hydrogens is 355 g/mol. The molecule has 3 aromatic rings. The Kier molecular flexibility index (Phi) is 4.06. The predicted octanol–water partition coefficient (Wildman–Crippen LogP) is 3.59. The third-order valence-electron chi connectivity index (χ3n) is 4.80. The molecule has 2 N–H and O–H groups in total. The first-order valence-corrected chi connectivity index (χ1v) is 8.97. The fourth-order valence-electron chi connectivity index (χ4n) is 3.41. The molecule has 0 unspecified atom stereocenters. The molecule has 2 aromatic heterocycles. The summed E-state index contributed by atoms with van der Waals surface area (Å²) in [7, 11) is 0. The molecule has 2 aliphatic heterocycles. The van der Waals surface area contributed by atoms with E-state index in [2.05, 4.69) is 20.7 Å². The lowest BCUT2D eigenvalue weighted by Crippen LogP contribution is -2.39. The molecule has 0 atom stereocenters. The first kappa shape index (κ1) is 16.6. The summed E-state index contributed by atoms with van der Waals surface area (Å²) in [4.78, 5) is 13.4. The van der Waals surface area contributed by atoms with Crippen LogP contribution in [0.4, 0.5) is 15.9 Å². The summed E-state index contributed by atoms with van der Waals surface area (Å²) >= 11 is 0. The molecule has 0 radical (unpaired) electrons. The summed E-state index contributed by atoms with van der Waals surface area (Å²) in [5.41, 5.74) is 9.25. The van der Waals surface area contributed by atoms with Gasteiger partial charge < -0.3 is 5.32 Å². The van der Waals surface area contributed by atoms with Gasteiger partial charge in [-0.05, 0) is 35.9 Å². The van der Waals surface area contributed by atoms with Crippen LogP contribution in [0.15, 0.2) is 66.0 Å². The highest BCUT2D eigenvalue weighted by Gasteiger charge is 2.25. The van der Waals surface area contributed by atoms with Gasteiger partial charge in [0.2, 0.25) is 0 Å². The lowest BCUT2D eigenvalue weighted by Gasteiger charge is -2.27. The lowest BCUT2D eigenvalue weighted by molar-refractivity contribution is 0.344. The third-order valence-corrected chi connectivity index (χ3v) is 4.80. The Labute approximate surface area is 161 Å². The van der Waals surface area contributed by atoms with Crippen LogP contribution >= 0.6 is 0 Å². The van der Waals surface area contributed by atoms with Crippen molar-refractivity contribution in [3.63, 3.8) is 0 Å². The van der Waals surface area contributed by atoms with E-state index in [0.29, 0.717) is 13.1 Å². The topological polar surface area (TPSA) is 65.4 Å². The molecule has 1 aromatic carbocycles. The van der Waals surface area contributed by atoms with Crippen LogP contribution in [0.5, 0.6) is 0 Å². The largest absolute Gasteiger partial charge is 0.338 e. The summed E-state index contributed by atoms with van der Waals surface area (Å²) in [6, 6.07) is 12.4. The fraction of sp³-hybridized carbons (Fsp3) is 0.0952. The number of fused-ring (bicyclic) bond motifs is 4. The standard InChI is InChI=1S/C21H17FN6/c22-15-5-3-14(4-6-15)10-26-28-12-18-16-7-9-23-11-19(16)27-21-17(2-1-8-24-21)20(18)25-13-28/h1-9,11,13,26H,10,12H2,(H,24,27). The molecule has 0 saturated carbocycles. The maximum Gasteiger partial charge on any atom is 0.139 e. The summed E-state index contributed by atoms with van der Waals surface area (Å²) in [5.74, 6) is 0.535. The highest BCUT2D eigenvalue weighted by atomic mass is 19.1. The summed E-state index contributed by atoms with van der Waals surface area (Å²) in [5, 5.41) is 5.31. The number of hydrogen-bond donors (Lipinski definition) is 2. The number of rotatable bonds is 3. The highest BCUT2D eigenvalue weighted by molar-refractivity contribution is 6.03. The van der Waals surface area contributed by atoms with E-state index in [0.717, 1.165) is 39.5 Å². The predicted molar refractivity (Wildman–Crippen MR) is 107 cm³/mol. The molecule has 2 aliphatic rings. The van der Waals surface area contributed by atoms with E-state index in [1.165, 1.54) is 12.1 Å². The third kappa shape index (κ3) is 3.01. The molecule has 7 heteroatoms. The zero-order chi connectivity index (χ0) is 18.9. The van der Waals surface area contributed by atoms with Crippen molar-refractivity contribution in [2.24, 2.45) is 4.99 Å². The fourth-order valence-corrected chi connectivity index (χ4v) is 3.41. The summed E-state index contributed by atoms with van der Waals surface area (Å²) in [6.45, 7) is 1.21. The Bertz CT molecular complexity index is 1090. The average molecular weight is 372 g/mol. The molecule has 0 spiro atoms. The van der Waals surface area contributed by atoms with Crippen molar-refractivity contribution in [2.75, 3.05) is 11.9 Å². The first-order valence-electron chi connectivity index (χ1n) is 8.97. The number of benzene rings is 1. The number of pyridine rings is 2. The number of hydrazine groups is 1. The summed E-state index contributed by atoms with van der Waals surface area (Å²) in [6.07, 6.45) is 7.13. The van der Waals surface area contributed by atoms with Crippen LogP contribution in [0, 0.1) is 5.82 Å². The smallest absolute Gasteiger partial charge is 0.139 e. The molecule has 5 rings (SSSR count). The monoisotopic (exact) mass is 372 g/mol. The molecule has 0 saturated heterocycles. The van der Waals surface area contributed by atoms with Crippen LogP contribution in [-0.4, -0.2) is 27.9 Å².